The molecule has 2 heterocycles. The Hall–Kier alpha value is -1.40. The third kappa shape index (κ3) is 3.80. The van der Waals surface area contributed by atoms with Gasteiger partial charge in [-0.05, 0) is 32.9 Å². The Kier molecular flexibility index (Phi) is 5.14. The summed E-state index contributed by atoms with van der Waals surface area (Å²) in [6, 6.07) is 0. The first-order valence-corrected chi connectivity index (χ1v) is 7.26. The Bertz CT molecular complexity index is 435. The number of rotatable bonds is 5. The van der Waals surface area contributed by atoms with Crippen LogP contribution in [0.3, 0.4) is 0 Å². The number of carbonyl (C=O) groups excluding carboxylic acids is 1. The molecule has 0 radical (unpaired) electrons. The van der Waals surface area contributed by atoms with Gasteiger partial charge in [0.25, 0.3) is 5.91 Å². The second-order valence-corrected chi connectivity index (χ2v) is 5.78. The topological polar surface area (TPSA) is 67.4 Å². The Morgan fingerprint density at radius 2 is 2.15 bits per heavy atom. The largest absolute Gasteiger partial charge is 0.337 e. The summed E-state index contributed by atoms with van der Waals surface area (Å²) in [5, 5.41) is 0. The fraction of sp³-hybridized carbons (Fsp3) is 0.714. The number of likely N-dealkylation sites (tertiary alicyclic amines) is 1. The van der Waals surface area contributed by atoms with Crippen LogP contribution in [0.25, 0.3) is 0 Å². The minimum Gasteiger partial charge on any atom is -0.337 e. The van der Waals surface area contributed by atoms with Gasteiger partial charge in [0, 0.05) is 38.9 Å². The van der Waals surface area contributed by atoms with Crippen LogP contribution in [-0.2, 0) is 6.54 Å². The standard InChI is InChI=1S/C14H25N5O/c1-17(2)9-12-3-6-19(7-4-12)14(20)13-10-18(8-5-15)11-16-13/h10-12H,3-9,15H2,1-2H3. The van der Waals surface area contributed by atoms with Crippen molar-refractivity contribution in [3.63, 3.8) is 0 Å². The number of nitrogens with zero attached hydrogens (tertiary/aromatic N) is 4. The molecule has 1 fully saturated rings. The molecule has 2 N–H and O–H groups in total. The number of carbonyl (C=O) groups is 1. The summed E-state index contributed by atoms with van der Waals surface area (Å²) in [6.07, 6.45) is 5.63. The first-order valence-electron chi connectivity index (χ1n) is 7.26. The van der Waals surface area contributed by atoms with Crippen molar-refractivity contribution in [3.8, 4) is 0 Å². The van der Waals surface area contributed by atoms with Crippen LogP contribution in [0, 0.1) is 5.92 Å². The van der Waals surface area contributed by atoms with Gasteiger partial charge in [-0.1, -0.05) is 0 Å². The van der Waals surface area contributed by atoms with Crippen molar-refractivity contribution >= 4 is 5.91 Å². The van der Waals surface area contributed by atoms with Crippen molar-refractivity contribution in [3.05, 3.63) is 18.2 Å². The minimum absolute atomic E-state index is 0.0454. The third-order valence-electron chi connectivity index (χ3n) is 3.76. The second-order valence-electron chi connectivity index (χ2n) is 5.78. The lowest BCUT2D eigenvalue weighted by Crippen LogP contribution is -2.40. The fourth-order valence-corrected chi connectivity index (χ4v) is 2.74. The lowest BCUT2D eigenvalue weighted by Gasteiger charge is -2.32. The van der Waals surface area contributed by atoms with Crippen LogP contribution in [-0.4, -0.2) is 65.5 Å². The highest BCUT2D eigenvalue weighted by atomic mass is 16.2. The van der Waals surface area contributed by atoms with Crippen molar-refractivity contribution in [1.29, 1.82) is 0 Å². The molecule has 0 unspecified atom stereocenters. The van der Waals surface area contributed by atoms with Gasteiger partial charge in [-0.3, -0.25) is 4.79 Å². The summed E-state index contributed by atoms with van der Waals surface area (Å²) in [6.45, 7) is 4.03. The molecule has 0 bridgehead atoms. The molecule has 1 amide bonds. The molecule has 0 aliphatic carbocycles. The number of nitrogens with two attached hydrogens (primary N) is 1. The van der Waals surface area contributed by atoms with E-state index in [1.165, 1.54) is 0 Å². The summed E-state index contributed by atoms with van der Waals surface area (Å²) in [4.78, 5) is 20.7. The van der Waals surface area contributed by atoms with Gasteiger partial charge in [0.2, 0.25) is 0 Å². The molecule has 0 atom stereocenters. The van der Waals surface area contributed by atoms with Crippen molar-refractivity contribution < 1.29 is 4.79 Å². The minimum atomic E-state index is 0.0454. The zero-order valence-corrected chi connectivity index (χ0v) is 12.5. The highest BCUT2D eigenvalue weighted by molar-refractivity contribution is 5.92. The second kappa shape index (κ2) is 6.85. The molecule has 1 aliphatic rings. The first-order chi connectivity index (χ1) is 9.60. The van der Waals surface area contributed by atoms with E-state index >= 15 is 0 Å². The summed E-state index contributed by atoms with van der Waals surface area (Å²) >= 11 is 0. The van der Waals surface area contributed by atoms with Gasteiger partial charge in [-0.2, -0.15) is 0 Å². The van der Waals surface area contributed by atoms with Crippen LogP contribution in [0.1, 0.15) is 23.3 Å². The predicted octanol–water partition coefficient (Wildman–Crippen LogP) is 0.256. The van der Waals surface area contributed by atoms with E-state index in [1.54, 1.807) is 12.5 Å². The van der Waals surface area contributed by atoms with Gasteiger partial charge < -0.3 is 20.1 Å². The average Bonchev–Trinajstić information content (AvgIpc) is 2.87. The molecule has 6 heteroatoms. The maximum absolute atomic E-state index is 12.4. The molecule has 1 aromatic rings. The normalized spacial score (nSPS) is 16.9. The Morgan fingerprint density at radius 3 is 2.75 bits per heavy atom. The monoisotopic (exact) mass is 279 g/mol. The Labute approximate surface area is 120 Å². The molecule has 112 valence electrons. The maximum Gasteiger partial charge on any atom is 0.274 e. The van der Waals surface area contributed by atoms with E-state index in [-0.39, 0.29) is 5.91 Å². The van der Waals surface area contributed by atoms with Gasteiger partial charge in [0.15, 0.2) is 0 Å². The number of hydrogen-bond donors (Lipinski definition) is 1. The molecule has 0 spiro atoms. The van der Waals surface area contributed by atoms with Crippen LogP contribution in [0.15, 0.2) is 12.5 Å². The molecule has 0 saturated carbocycles. The number of hydrogen-bond acceptors (Lipinski definition) is 4. The molecule has 1 saturated heterocycles. The molecular formula is C14H25N5O. The third-order valence-corrected chi connectivity index (χ3v) is 3.76. The van der Waals surface area contributed by atoms with Gasteiger partial charge >= 0.3 is 0 Å². The summed E-state index contributed by atoms with van der Waals surface area (Å²) < 4.78 is 1.87. The van der Waals surface area contributed by atoms with Crippen LogP contribution >= 0.6 is 0 Å². The van der Waals surface area contributed by atoms with E-state index in [2.05, 4.69) is 24.0 Å². The molecule has 0 aromatic carbocycles. The van der Waals surface area contributed by atoms with E-state index < -0.39 is 0 Å². The zero-order chi connectivity index (χ0) is 14.5. The van der Waals surface area contributed by atoms with Crippen molar-refractivity contribution in [2.24, 2.45) is 11.7 Å². The summed E-state index contributed by atoms with van der Waals surface area (Å²) in [5.74, 6) is 0.743. The van der Waals surface area contributed by atoms with Crippen LogP contribution in [0.4, 0.5) is 0 Å². The maximum atomic E-state index is 12.4. The molecule has 1 aliphatic heterocycles. The molecule has 20 heavy (non-hydrogen) atoms. The lowest BCUT2D eigenvalue weighted by molar-refractivity contribution is 0.0672. The van der Waals surface area contributed by atoms with Crippen LogP contribution in [0.2, 0.25) is 0 Å². The number of piperidine rings is 1. The predicted molar refractivity (Wildman–Crippen MR) is 78.5 cm³/mol. The van der Waals surface area contributed by atoms with E-state index in [0.29, 0.717) is 24.7 Å². The number of amides is 1. The first kappa shape index (κ1) is 15.0. The summed E-state index contributed by atoms with van der Waals surface area (Å²) in [5.41, 5.74) is 6.03. The van der Waals surface area contributed by atoms with Crippen molar-refractivity contribution in [2.45, 2.75) is 19.4 Å². The highest BCUT2D eigenvalue weighted by Crippen LogP contribution is 2.19. The van der Waals surface area contributed by atoms with Crippen LogP contribution < -0.4 is 5.73 Å². The zero-order valence-electron chi connectivity index (χ0n) is 12.5. The fourth-order valence-electron chi connectivity index (χ4n) is 2.74. The van der Waals surface area contributed by atoms with Gasteiger partial charge in [0.05, 0.1) is 6.33 Å². The average molecular weight is 279 g/mol. The van der Waals surface area contributed by atoms with Gasteiger partial charge in [-0.25, -0.2) is 4.98 Å². The Morgan fingerprint density at radius 1 is 1.45 bits per heavy atom. The van der Waals surface area contributed by atoms with Gasteiger partial charge in [-0.15, -0.1) is 0 Å². The quantitative estimate of drug-likeness (QED) is 0.839. The lowest BCUT2D eigenvalue weighted by atomic mass is 9.96. The van der Waals surface area contributed by atoms with Crippen LogP contribution in [0.5, 0.6) is 0 Å². The smallest absolute Gasteiger partial charge is 0.274 e. The van der Waals surface area contributed by atoms with Crippen molar-refractivity contribution in [2.75, 3.05) is 40.3 Å². The number of aromatic nitrogens is 2. The van der Waals surface area contributed by atoms with E-state index in [0.717, 1.165) is 32.5 Å². The molecule has 2 rings (SSSR count). The molecular weight excluding hydrogens is 254 g/mol. The van der Waals surface area contributed by atoms with Gasteiger partial charge in [0.1, 0.15) is 5.69 Å². The molecule has 6 nitrogen and oxygen atoms in total. The van der Waals surface area contributed by atoms with Crippen molar-refractivity contribution in [1.82, 2.24) is 19.4 Å². The number of imidazole rings is 1. The molecule has 1 aromatic heterocycles. The Balaban J connectivity index is 1.87. The van der Waals surface area contributed by atoms with E-state index in [1.807, 2.05) is 9.47 Å². The summed E-state index contributed by atoms with van der Waals surface area (Å²) in [7, 11) is 4.20. The highest BCUT2D eigenvalue weighted by Gasteiger charge is 2.24. The van der Waals surface area contributed by atoms with E-state index in [4.69, 9.17) is 5.73 Å². The SMILES string of the molecule is CN(C)CC1CCN(C(=O)c2cn(CCN)cn2)CC1. The van der Waals surface area contributed by atoms with E-state index in [9.17, 15) is 4.79 Å².